The molecule has 0 aliphatic heterocycles. The smallest absolute Gasteiger partial charge is 1.00 e. The molecule has 0 atom stereocenters. The number of rotatable bonds is 4. The molecule has 1 aromatic carbocycles. The van der Waals surface area contributed by atoms with Crippen molar-refractivity contribution in [3.05, 3.63) is 48.6 Å². The van der Waals surface area contributed by atoms with Gasteiger partial charge in [0.15, 0.2) is 0 Å². The molecule has 0 heterocycles. The van der Waals surface area contributed by atoms with E-state index in [0.29, 0.717) is 0 Å². The molecule has 0 saturated heterocycles. The fourth-order valence-electron chi connectivity index (χ4n) is 1.04. The van der Waals surface area contributed by atoms with Gasteiger partial charge in [0.05, 0.1) is 0 Å². The molecule has 0 bridgehead atoms. The van der Waals surface area contributed by atoms with E-state index >= 15 is 0 Å². The van der Waals surface area contributed by atoms with E-state index in [2.05, 4.69) is 24.8 Å². The van der Waals surface area contributed by atoms with Crippen LogP contribution in [0.25, 0.3) is 0 Å². The van der Waals surface area contributed by atoms with Crippen LogP contribution in [0.2, 0.25) is 0 Å². The molecule has 0 aliphatic carbocycles. The molecule has 0 fully saturated rings. The topological polar surface area (TPSA) is 0 Å². The molecule has 2 heteroatoms. The minimum Gasteiger partial charge on any atom is -1.00 e. The average molecular weight is 249 g/mol. The monoisotopic (exact) mass is 248 g/mol. The fourth-order valence-corrected chi connectivity index (χ4v) is 1.04. The third kappa shape index (κ3) is 7.29. The van der Waals surface area contributed by atoms with Gasteiger partial charge in [-0.15, -0.1) is 6.58 Å². The molecule has 0 saturated carbocycles. The van der Waals surface area contributed by atoms with E-state index in [0.717, 1.165) is 12.8 Å². The Morgan fingerprint density at radius 2 is 1.92 bits per heavy atom. The van der Waals surface area contributed by atoms with Crippen LogP contribution in [0.4, 0.5) is 0 Å². The Labute approximate surface area is 107 Å². The van der Waals surface area contributed by atoms with Crippen LogP contribution in [-0.4, -0.2) is 23.1 Å². The van der Waals surface area contributed by atoms with Crippen LogP contribution in [0.1, 0.15) is 18.4 Å². The maximum absolute atomic E-state index is 3.69. The number of halogens is 1. The fraction of sp³-hybridized carbons (Fsp3) is 0.273. The molecule has 0 radical (unpaired) electrons. The van der Waals surface area contributed by atoms with Crippen molar-refractivity contribution >= 4 is 23.1 Å². The Kier molecular flexibility index (Phi) is 12.4. The molecule has 0 nitrogen and oxygen atoms in total. The van der Waals surface area contributed by atoms with Crippen LogP contribution < -0.4 is 17.0 Å². The SMILES string of the molecule is C=CCCCc1cc[c-]cc1.[Br-].[Mg+2]. The van der Waals surface area contributed by atoms with Crippen LogP contribution in [0.5, 0.6) is 0 Å². The van der Waals surface area contributed by atoms with Crippen LogP contribution in [0, 0.1) is 6.07 Å². The number of allylic oxidation sites excluding steroid dienone is 1. The Morgan fingerprint density at radius 1 is 1.31 bits per heavy atom. The zero-order valence-electron chi connectivity index (χ0n) is 7.80. The molecular formula is C11H13BrMg. The first-order chi connectivity index (χ1) is 5.43. The Balaban J connectivity index is 0. The van der Waals surface area contributed by atoms with Gasteiger partial charge < -0.3 is 17.0 Å². The van der Waals surface area contributed by atoms with E-state index in [9.17, 15) is 0 Å². The van der Waals surface area contributed by atoms with Gasteiger partial charge in [-0.3, -0.25) is 0 Å². The maximum Gasteiger partial charge on any atom is 2.00 e. The van der Waals surface area contributed by atoms with Gasteiger partial charge in [0.25, 0.3) is 0 Å². The summed E-state index contributed by atoms with van der Waals surface area (Å²) in [6.07, 6.45) is 5.43. The predicted octanol–water partition coefficient (Wildman–Crippen LogP) is -0.381. The first-order valence-electron chi connectivity index (χ1n) is 3.99. The second kappa shape index (κ2) is 10.3. The van der Waals surface area contributed by atoms with Gasteiger partial charge in [0, 0.05) is 0 Å². The van der Waals surface area contributed by atoms with Crippen molar-refractivity contribution in [1.29, 1.82) is 0 Å². The van der Waals surface area contributed by atoms with E-state index < -0.39 is 0 Å². The summed E-state index contributed by atoms with van der Waals surface area (Å²) in [6.45, 7) is 3.69. The van der Waals surface area contributed by atoms with E-state index in [1.807, 2.05) is 18.2 Å². The molecule has 0 aromatic heterocycles. The zero-order chi connectivity index (χ0) is 7.94. The molecule has 1 rings (SSSR count). The molecule has 0 spiro atoms. The quantitative estimate of drug-likeness (QED) is 0.295. The first-order valence-corrected chi connectivity index (χ1v) is 3.99. The van der Waals surface area contributed by atoms with Crippen LogP contribution in [0.3, 0.4) is 0 Å². The summed E-state index contributed by atoms with van der Waals surface area (Å²) in [5.41, 5.74) is 1.39. The van der Waals surface area contributed by atoms with Gasteiger partial charge in [0.2, 0.25) is 0 Å². The number of benzene rings is 1. The number of unbranched alkanes of at least 4 members (excludes halogenated alkanes) is 1. The number of hydrogen-bond donors (Lipinski definition) is 0. The summed E-state index contributed by atoms with van der Waals surface area (Å²) in [7, 11) is 0. The second-order valence-corrected chi connectivity index (χ2v) is 2.59. The average Bonchev–Trinajstić information content (AvgIpc) is 2.07. The van der Waals surface area contributed by atoms with E-state index in [1.165, 1.54) is 12.0 Å². The summed E-state index contributed by atoms with van der Waals surface area (Å²) >= 11 is 0. The van der Waals surface area contributed by atoms with E-state index in [-0.39, 0.29) is 40.0 Å². The number of hydrogen-bond acceptors (Lipinski definition) is 0. The van der Waals surface area contributed by atoms with Crippen LogP contribution in [-0.2, 0) is 6.42 Å². The van der Waals surface area contributed by atoms with E-state index in [4.69, 9.17) is 0 Å². The largest absolute Gasteiger partial charge is 2.00 e. The molecule has 13 heavy (non-hydrogen) atoms. The molecule has 0 aliphatic rings. The normalized spacial score (nSPS) is 8.00. The Bertz CT molecular complexity index is 209. The minimum atomic E-state index is 0. The van der Waals surface area contributed by atoms with Crippen molar-refractivity contribution in [3.8, 4) is 0 Å². The van der Waals surface area contributed by atoms with Crippen LogP contribution >= 0.6 is 0 Å². The zero-order valence-corrected chi connectivity index (χ0v) is 10.8. The molecule has 0 amide bonds. The minimum absolute atomic E-state index is 0. The van der Waals surface area contributed by atoms with Gasteiger partial charge in [0.1, 0.15) is 0 Å². The maximum atomic E-state index is 3.69. The van der Waals surface area contributed by atoms with Gasteiger partial charge in [-0.2, -0.15) is 35.9 Å². The predicted molar refractivity (Wildman–Crippen MR) is 54.2 cm³/mol. The van der Waals surface area contributed by atoms with Crippen molar-refractivity contribution in [2.45, 2.75) is 19.3 Å². The van der Waals surface area contributed by atoms with Gasteiger partial charge in [-0.1, -0.05) is 12.5 Å². The molecule has 0 N–H and O–H groups in total. The number of aryl methyl sites for hydroxylation is 1. The second-order valence-electron chi connectivity index (χ2n) is 2.59. The Morgan fingerprint density at radius 3 is 2.46 bits per heavy atom. The molecule has 66 valence electrons. The van der Waals surface area contributed by atoms with Gasteiger partial charge in [-0.25, -0.2) is 0 Å². The summed E-state index contributed by atoms with van der Waals surface area (Å²) < 4.78 is 0. The summed E-state index contributed by atoms with van der Waals surface area (Å²) in [4.78, 5) is 0. The Hall–Kier alpha value is 0.206. The van der Waals surface area contributed by atoms with Crippen molar-refractivity contribution < 1.29 is 17.0 Å². The molecule has 1 aromatic rings. The summed E-state index contributed by atoms with van der Waals surface area (Å²) in [5.74, 6) is 0. The van der Waals surface area contributed by atoms with Crippen molar-refractivity contribution in [2.75, 3.05) is 0 Å². The third-order valence-corrected chi connectivity index (χ3v) is 1.66. The van der Waals surface area contributed by atoms with Crippen molar-refractivity contribution in [1.82, 2.24) is 0 Å². The third-order valence-electron chi connectivity index (χ3n) is 1.66. The van der Waals surface area contributed by atoms with Gasteiger partial charge >= 0.3 is 23.1 Å². The van der Waals surface area contributed by atoms with Gasteiger partial charge in [-0.05, 0) is 12.8 Å². The van der Waals surface area contributed by atoms with Crippen molar-refractivity contribution in [2.24, 2.45) is 0 Å². The molecular weight excluding hydrogens is 236 g/mol. The first kappa shape index (κ1) is 15.7. The summed E-state index contributed by atoms with van der Waals surface area (Å²) in [5, 5.41) is 0. The van der Waals surface area contributed by atoms with E-state index in [1.54, 1.807) is 0 Å². The molecule has 0 unspecified atom stereocenters. The van der Waals surface area contributed by atoms with Crippen LogP contribution in [0.15, 0.2) is 36.9 Å². The summed E-state index contributed by atoms with van der Waals surface area (Å²) in [6, 6.07) is 11.2. The van der Waals surface area contributed by atoms with Crippen molar-refractivity contribution in [3.63, 3.8) is 0 Å². The standard InChI is InChI=1S/C11H13.BrH.Mg/c1-2-3-5-8-11-9-6-4-7-10-11;;/h2,6-7,9-10H,1,3,5,8H2;1H;/q-1;;+2/p-1.